The van der Waals surface area contributed by atoms with Gasteiger partial charge in [0.15, 0.2) is 0 Å². The number of piperidine rings is 1. The van der Waals surface area contributed by atoms with E-state index in [1.807, 2.05) is 13.8 Å². The summed E-state index contributed by atoms with van der Waals surface area (Å²) in [6, 6.07) is 5.07. The maximum atomic E-state index is 11.8. The number of amides is 2. The first-order chi connectivity index (χ1) is 14.8. The molecule has 10 nitrogen and oxygen atoms in total. The van der Waals surface area contributed by atoms with E-state index >= 15 is 0 Å². The fraction of sp³-hybridized carbons (Fsp3) is 0.429. The monoisotopic (exact) mass is 433 g/mol. The van der Waals surface area contributed by atoms with E-state index < -0.39 is 12.5 Å². The van der Waals surface area contributed by atoms with Crippen LogP contribution in [-0.4, -0.2) is 70.3 Å². The van der Waals surface area contributed by atoms with E-state index in [-0.39, 0.29) is 30.2 Å². The Labute approximate surface area is 179 Å². The second-order valence-electron chi connectivity index (χ2n) is 7.19. The zero-order valence-electron chi connectivity index (χ0n) is 17.5. The lowest BCUT2D eigenvalue weighted by molar-refractivity contribution is -0.136. The summed E-state index contributed by atoms with van der Waals surface area (Å²) in [5, 5.41) is 16.7. The first-order valence-corrected chi connectivity index (χ1v) is 9.83. The van der Waals surface area contributed by atoms with Crippen molar-refractivity contribution in [2.45, 2.75) is 38.9 Å². The van der Waals surface area contributed by atoms with Crippen molar-refractivity contribution in [2.75, 3.05) is 19.7 Å². The smallest absolute Gasteiger partial charge is 0.290 e. The number of fused-ring (bicyclic) bond motifs is 1. The highest BCUT2D eigenvalue weighted by atomic mass is 16.5. The topological polar surface area (TPSA) is 152 Å². The summed E-state index contributed by atoms with van der Waals surface area (Å²) in [6.45, 7) is 4.01. The highest BCUT2D eigenvalue weighted by Gasteiger charge is 2.25. The normalized spacial score (nSPS) is 15.7. The summed E-state index contributed by atoms with van der Waals surface area (Å²) >= 11 is 0. The molecule has 3 rings (SSSR count). The number of hydrogen-bond donors (Lipinski definition) is 3. The molecule has 0 radical (unpaired) electrons. The Morgan fingerprint density at radius 2 is 2.06 bits per heavy atom. The van der Waals surface area contributed by atoms with E-state index in [1.54, 1.807) is 29.3 Å². The molecule has 2 heterocycles. The largest absolute Gasteiger partial charge is 0.490 e. The molecular weight excluding hydrogens is 406 g/mol. The van der Waals surface area contributed by atoms with Crippen molar-refractivity contribution in [2.24, 2.45) is 5.73 Å². The number of aliphatic hydroxyl groups excluding tert-OH is 1. The van der Waals surface area contributed by atoms with Crippen LogP contribution in [0.15, 0.2) is 24.4 Å². The zero-order chi connectivity index (χ0) is 23.0. The van der Waals surface area contributed by atoms with Gasteiger partial charge in [-0.1, -0.05) is 0 Å². The Bertz CT molecular complexity index is 933. The summed E-state index contributed by atoms with van der Waals surface area (Å²) < 4.78 is 11.9. The SMILES string of the molecule is CC(C)Oc1cc2c(O[C@@H]3CCCN(C(=O)CO)C3)ccnc2cc1C(N)=O.O=CO. The van der Waals surface area contributed by atoms with E-state index in [9.17, 15) is 9.59 Å². The molecule has 10 heteroatoms. The fourth-order valence-electron chi connectivity index (χ4n) is 3.33. The summed E-state index contributed by atoms with van der Waals surface area (Å²) in [4.78, 5) is 37.9. The first-order valence-electron chi connectivity index (χ1n) is 9.83. The number of carbonyl (C=O) groups excluding carboxylic acids is 2. The van der Waals surface area contributed by atoms with Gasteiger partial charge >= 0.3 is 0 Å². The van der Waals surface area contributed by atoms with Crippen LogP contribution in [0.1, 0.15) is 37.0 Å². The van der Waals surface area contributed by atoms with E-state index in [4.69, 9.17) is 30.2 Å². The third-order valence-electron chi connectivity index (χ3n) is 4.59. The van der Waals surface area contributed by atoms with Gasteiger partial charge in [-0.25, -0.2) is 0 Å². The standard InChI is InChI=1S/C20H25N3O5.CH2O2/c1-12(2)27-18-9-14-16(8-15(18)20(21)26)22-6-5-17(14)28-13-4-3-7-23(10-13)19(25)11-24;2-1-3/h5-6,8-9,12-13,24H,3-4,7,10-11H2,1-2H3,(H2,21,26);1H,(H,2,3)/t13-;/m1./s1. The van der Waals surface area contributed by atoms with E-state index in [1.165, 1.54) is 0 Å². The number of aromatic nitrogens is 1. The second kappa shape index (κ2) is 11.1. The molecule has 31 heavy (non-hydrogen) atoms. The number of aliphatic hydroxyl groups is 1. The molecule has 0 aliphatic carbocycles. The van der Waals surface area contributed by atoms with Gasteiger partial charge in [-0.2, -0.15) is 0 Å². The fourth-order valence-corrected chi connectivity index (χ4v) is 3.33. The Balaban J connectivity index is 0.00000107. The third kappa shape index (κ3) is 6.29. The van der Waals surface area contributed by atoms with Crippen LogP contribution in [0.3, 0.4) is 0 Å². The molecule has 1 aromatic heterocycles. The summed E-state index contributed by atoms with van der Waals surface area (Å²) in [7, 11) is 0. The van der Waals surface area contributed by atoms with E-state index in [2.05, 4.69) is 4.98 Å². The minimum Gasteiger partial charge on any atom is -0.490 e. The highest BCUT2D eigenvalue weighted by Crippen LogP contribution is 2.32. The predicted molar refractivity (Wildman–Crippen MR) is 112 cm³/mol. The van der Waals surface area contributed by atoms with Gasteiger partial charge in [-0.15, -0.1) is 0 Å². The average Bonchev–Trinajstić information content (AvgIpc) is 2.73. The second-order valence-corrected chi connectivity index (χ2v) is 7.19. The zero-order valence-corrected chi connectivity index (χ0v) is 17.5. The van der Waals surface area contributed by atoms with Gasteiger partial charge in [0.1, 0.15) is 24.2 Å². The van der Waals surface area contributed by atoms with Gasteiger partial charge in [-0.3, -0.25) is 19.4 Å². The van der Waals surface area contributed by atoms with Crippen LogP contribution in [0.5, 0.6) is 11.5 Å². The summed E-state index contributed by atoms with van der Waals surface area (Å²) in [6.07, 6.45) is 2.87. The maximum Gasteiger partial charge on any atom is 0.290 e. The number of carbonyl (C=O) groups is 3. The Morgan fingerprint density at radius 1 is 1.35 bits per heavy atom. The molecule has 1 aromatic carbocycles. The molecule has 0 unspecified atom stereocenters. The molecular formula is C21H27N3O7. The van der Waals surface area contributed by atoms with Crippen LogP contribution in [0.4, 0.5) is 0 Å². The molecule has 2 amide bonds. The third-order valence-corrected chi connectivity index (χ3v) is 4.59. The lowest BCUT2D eigenvalue weighted by Gasteiger charge is -2.32. The van der Waals surface area contributed by atoms with Gasteiger partial charge in [0, 0.05) is 18.1 Å². The van der Waals surface area contributed by atoms with Crippen molar-refractivity contribution in [1.82, 2.24) is 9.88 Å². The van der Waals surface area contributed by atoms with Crippen molar-refractivity contribution in [3.8, 4) is 11.5 Å². The Hall–Kier alpha value is -3.40. The molecule has 1 atom stereocenters. The van der Waals surface area contributed by atoms with Crippen LogP contribution < -0.4 is 15.2 Å². The maximum absolute atomic E-state index is 11.8. The molecule has 0 saturated carbocycles. The van der Waals surface area contributed by atoms with Gasteiger partial charge in [0.05, 0.1) is 23.7 Å². The number of hydrogen-bond acceptors (Lipinski definition) is 7. The molecule has 2 aromatic rings. The lowest BCUT2D eigenvalue weighted by atomic mass is 10.1. The average molecular weight is 433 g/mol. The van der Waals surface area contributed by atoms with Crippen molar-refractivity contribution < 1.29 is 34.1 Å². The van der Waals surface area contributed by atoms with Crippen LogP contribution in [-0.2, 0) is 9.59 Å². The number of ether oxygens (including phenoxy) is 2. The van der Waals surface area contributed by atoms with E-state index in [0.717, 1.165) is 12.8 Å². The van der Waals surface area contributed by atoms with Crippen LogP contribution in [0.25, 0.3) is 10.9 Å². The number of benzene rings is 1. The number of likely N-dealkylation sites (tertiary alicyclic amines) is 1. The highest BCUT2D eigenvalue weighted by molar-refractivity contribution is 6.01. The number of carboxylic acid groups (broad SMARTS) is 1. The van der Waals surface area contributed by atoms with E-state index in [0.29, 0.717) is 35.5 Å². The number of primary amides is 1. The van der Waals surface area contributed by atoms with Crippen molar-refractivity contribution in [1.29, 1.82) is 0 Å². The molecule has 168 valence electrons. The lowest BCUT2D eigenvalue weighted by Crippen LogP contribution is -2.45. The Kier molecular flexibility index (Phi) is 8.56. The van der Waals surface area contributed by atoms with Crippen LogP contribution in [0.2, 0.25) is 0 Å². The van der Waals surface area contributed by atoms with Crippen molar-refractivity contribution in [3.05, 3.63) is 30.0 Å². The number of rotatable bonds is 6. The molecule has 1 fully saturated rings. The van der Waals surface area contributed by atoms with Crippen LogP contribution >= 0.6 is 0 Å². The number of pyridine rings is 1. The summed E-state index contributed by atoms with van der Waals surface area (Å²) in [5.74, 6) is 0.0919. The molecule has 1 aliphatic heterocycles. The minimum absolute atomic E-state index is 0.131. The quantitative estimate of drug-likeness (QED) is 0.574. The molecule has 0 bridgehead atoms. The van der Waals surface area contributed by atoms with Gasteiger partial charge in [0.2, 0.25) is 5.91 Å². The van der Waals surface area contributed by atoms with Gasteiger partial charge in [-0.05, 0) is 44.9 Å². The molecule has 0 spiro atoms. The molecule has 1 aliphatic rings. The van der Waals surface area contributed by atoms with Gasteiger partial charge < -0.3 is 30.3 Å². The number of nitrogens with zero attached hydrogens (tertiary/aromatic N) is 2. The van der Waals surface area contributed by atoms with Crippen molar-refractivity contribution in [3.63, 3.8) is 0 Å². The molecule has 4 N–H and O–H groups in total. The predicted octanol–water partition coefficient (Wildman–Crippen LogP) is 1.18. The van der Waals surface area contributed by atoms with Crippen LogP contribution in [0, 0.1) is 0 Å². The van der Waals surface area contributed by atoms with Crippen molar-refractivity contribution >= 4 is 29.2 Å². The van der Waals surface area contributed by atoms with Gasteiger partial charge in [0.25, 0.3) is 12.4 Å². The molecule has 1 saturated heterocycles. The first kappa shape index (κ1) is 23.9. The summed E-state index contributed by atoms with van der Waals surface area (Å²) in [5.41, 5.74) is 6.33. The number of nitrogens with two attached hydrogens (primary N) is 1. The Morgan fingerprint density at radius 3 is 2.68 bits per heavy atom. The minimum atomic E-state index is -0.587.